The van der Waals surface area contributed by atoms with Gasteiger partial charge >= 0.3 is 11.9 Å². The van der Waals surface area contributed by atoms with Gasteiger partial charge in [0.25, 0.3) is 5.91 Å². The molecule has 0 unspecified atom stereocenters. The minimum atomic E-state index is -1.05. The molecule has 2 amide bonds. The number of benzene rings is 1. The van der Waals surface area contributed by atoms with Crippen LogP contribution in [0.3, 0.4) is 0 Å². The second-order valence-electron chi connectivity index (χ2n) is 10.4. The molecule has 8 heteroatoms. The van der Waals surface area contributed by atoms with E-state index in [9.17, 15) is 24.3 Å². The van der Waals surface area contributed by atoms with Crippen molar-refractivity contribution in [3.05, 3.63) is 41.0 Å². The Hall–Kier alpha value is -3.16. The average molecular weight is 559 g/mol. The predicted molar refractivity (Wildman–Crippen MR) is 159 cm³/mol. The summed E-state index contributed by atoms with van der Waals surface area (Å²) in [5.74, 6) is -2.19. The maximum Gasteiger partial charge on any atom is 0.335 e. The Kier molecular flexibility index (Phi) is 18.9. The quantitative estimate of drug-likeness (QED) is 0.0997. The molecule has 4 N–H and O–H groups in total. The van der Waals surface area contributed by atoms with Gasteiger partial charge in [0.15, 0.2) is 0 Å². The van der Waals surface area contributed by atoms with Crippen LogP contribution >= 0.6 is 0 Å². The number of hydrogen-bond acceptors (Lipinski definition) is 5. The van der Waals surface area contributed by atoms with Crippen molar-refractivity contribution in [2.75, 3.05) is 6.54 Å². The summed E-state index contributed by atoms with van der Waals surface area (Å²) in [7, 11) is 0. The molecule has 0 heterocycles. The molecule has 0 fully saturated rings. The number of nitrogens with one attached hydrogen (secondary N) is 1. The molecule has 0 aromatic heterocycles. The van der Waals surface area contributed by atoms with E-state index in [4.69, 9.17) is 10.5 Å². The zero-order chi connectivity index (χ0) is 29.6. The lowest BCUT2D eigenvalue weighted by atomic mass is 10.0. The van der Waals surface area contributed by atoms with Crippen molar-refractivity contribution in [1.82, 2.24) is 5.32 Å². The van der Waals surface area contributed by atoms with E-state index in [-0.39, 0.29) is 30.3 Å². The lowest BCUT2D eigenvalue weighted by molar-refractivity contribution is -0.150. The smallest absolute Gasteiger partial charge is 0.335 e. The van der Waals surface area contributed by atoms with Gasteiger partial charge in [-0.1, -0.05) is 83.3 Å². The molecule has 0 spiro atoms. The van der Waals surface area contributed by atoms with Crippen LogP contribution in [0.2, 0.25) is 0 Å². The third kappa shape index (κ3) is 16.1. The number of nitrogens with two attached hydrogens (primary N) is 1. The molecular weight excluding hydrogens is 508 g/mol. The summed E-state index contributed by atoms with van der Waals surface area (Å²) in [5, 5.41) is 12.0. The molecule has 40 heavy (non-hydrogen) atoms. The number of carboxylic acids is 1. The molecule has 1 aromatic rings. The summed E-state index contributed by atoms with van der Waals surface area (Å²) in [6.07, 6.45) is 18.4. The second kappa shape index (κ2) is 21.6. The Morgan fingerprint density at radius 3 is 2.12 bits per heavy atom. The molecule has 0 aliphatic carbocycles. The van der Waals surface area contributed by atoms with Crippen LogP contribution in [0.5, 0.6) is 0 Å². The van der Waals surface area contributed by atoms with Crippen molar-refractivity contribution >= 4 is 29.8 Å². The van der Waals surface area contributed by atoms with Crippen molar-refractivity contribution in [2.45, 2.75) is 123 Å². The molecule has 0 saturated carbocycles. The SMILES string of the molecule is C/C=C/c1cc(C(=O)O)ccc1C(=O)NCCCCC(=O)O[C@@H](CCCCCCCCCCCCC)CC(N)=O. The van der Waals surface area contributed by atoms with Crippen LogP contribution in [-0.2, 0) is 14.3 Å². The molecule has 224 valence electrons. The molecule has 0 aliphatic rings. The molecular formula is C32H50N2O6. The van der Waals surface area contributed by atoms with Gasteiger partial charge in [0, 0.05) is 18.5 Å². The topological polar surface area (TPSA) is 136 Å². The Bertz CT molecular complexity index is 943. The van der Waals surface area contributed by atoms with Crippen LogP contribution in [0.1, 0.15) is 143 Å². The molecule has 0 radical (unpaired) electrons. The highest BCUT2D eigenvalue weighted by Crippen LogP contribution is 2.17. The minimum absolute atomic E-state index is 0.0365. The van der Waals surface area contributed by atoms with Crippen LogP contribution in [0.4, 0.5) is 0 Å². The van der Waals surface area contributed by atoms with E-state index in [1.165, 1.54) is 69.6 Å². The summed E-state index contributed by atoms with van der Waals surface area (Å²) in [6, 6.07) is 4.37. The summed E-state index contributed by atoms with van der Waals surface area (Å²) in [5.41, 5.74) is 6.39. The van der Waals surface area contributed by atoms with E-state index in [1.54, 1.807) is 19.1 Å². The first-order valence-electron chi connectivity index (χ1n) is 15.0. The molecule has 1 aromatic carbocycles. The molecule has 1 rings (SSSR count). The highest BCUT2D eigenvalue weighted by atomic mass is 16.5. The largest absolute Gasteiger partial charge is 0.478 e. The second-order valence-corrected chi connectivity index (χ2v) is 10.4. The normalized spacial score (nSPS) is 11.8. The van der Waals surface area contributed by atoms with Gasteiger partial charge in [0.05, 0.1) is 12.0 Å². The van der Waals surface area contributed by atoms with Crippen molar-refractivity contribution in [1.29, 1.82) is 0 Å². The van der Waals surface area contributed by atoms with Gasteiger partial charge < -0.3 is 20.9 Å². The Balaban J connectivity index is 2.29. The van der Waals surface area contributed by atoms with Crippen LogP contribution < -0.4 is 11.1 Å². The van der Waals surface area contributed by atoms with E-state index in [0.29, 0.717) is 36.9 Å². The van der Waals surface area contributed by atoms with Crippen molar-refractivity contribution in [3.8, 4) is 0 Å². The first-order chi connectivity index (χ1) is 19.3. The van der Waals surface area contributed by atoms with Gasteiger partial charge in [0.1, 0.15) is 6.10 Å². The van der Waals surface area contributed by atoms with Crippen molar-refractivity contribution in [2.24, 2.45) is 5.73 Å². The first-order valence-corrected chi connectivity index (χ1v) is 15.0. The molecule has 0 bridgehead atoms. The number of primary amides is 1. The zero-order valence-corrected chi connectivity index (χ0v) is 24.6. The number of ether oxygens (including phenoxy) is 1. The van der Waals surface area contributed by atoms with Crippen LogP contribution in [0, 0.1) is 0 Å². The number of carbonyl (C=O) groups excluding carboxylic acids is 3. The Morgan fingerprint density at radius 2 is 1.55 bits per heavy atom. The van der Waals surface area contributed by atoms with Gasteiger partial charge in [-0.25, -0.2) is 4.79 Å². The van der Waals surface area contributed by atoms with E-state index in [0.717, 1.165) is 19.3 Å². The van der Waals surface area contributed by atoms with Crippen LogP contribution in [0.25, 0.3) is 6.08 Å². The van der Waals surface area contributed by atoms with E-state index >= 15 is 0 Å². The molecule has 0 aliphatic heterocycles. The maximum atomic E-state index is 12.6. The number of carbonyl (C=O) groups is 4. The van der Waals surface area contributed by atoms with Crippen LogP contribution in [0.15, 0.2) is 24.3 Å². The monoisotopic (exact) mass is 558 g/mol. The highest BCUT2D eigenvalue weighted by Gasteiger charge is 2.17. The molecule has 8 nitrogen and oxygen atoms in total. The fourth-order valence-electron chi connectivity index (χ4n) is 4.62. The number of rotatable bonds is 23. The van der Waals surface area contributed by atoms with Crippen LogP contribution in [-0.4, -0.2) is 41.5 Å². The number of carboxylic acid groups (broad SMARTS) is 1. The lowest BCUT2D eigenvalue weighted by Crippen LogP contribution is -2.26. The molecule has 0 saturated heterocycles. The molecule has 1 atom stereocenters. The van der Waals surface area contributed by atoms with Gasteiger partial charge in [-0.3, -0.25) is 14.4 Å². The third-order valence-corrected chi connectivity index (χ3v) is 6.84. The Morgan fingerprint density at radius 1 is 0.925 bits per heavy atom. The predicted octanol–water partition coefficient (Wildman–Crippen LogP) is 6.81. The third-order valence-electron chi connectivity index (χ3n) is 6.84. The summed E-state index contributed by atoms with van der Waals surface area (Å²) in [6.45, 7) is 4.39. The number of hydrogen-bond donors (Lipinski definition) is 3. The minimum Gasteiger partial charge on any atom is -0.478 e. The fraction of sp³-hybridized carbons (Fsp3) is 0.625. The number of aromatic carboxylic acids is 1. The fourth-order valence-corrected chi connectivity index (χ4v) is 4.62. The lowest BCUT2D eigenvalue weighted by Gasteiger charge is -2.16. The van der Waals surface area contributed by atoms with Gasteiger partial charge in [-0.15, -0.1) is 0 Å². The van der Waals surface area contributed by atoms with Gasteiger partial charge in [0.2, 0.25) is 5.91 Å². The number of amides is 2. The van der Waals surface area contributed by atoms with Gasteiger partial charge in [-0.05, 0) is 56.4 Å². The summed E-state index contributed by atoms with van der Waals surface area (Å²) in [4.78, 5) is 47.6. The van der Waals surface area contributed by atoms with E-state index in [2.05, 4.69) is 12.2 Å². The van der Waals surface area contributed by atoms with E-state index < -0.39 is 18.0 Å². The van der Waals surface area contributed by atoms with Gasteiger partial charge in [-0.2, -0.15) is 0 Å². The summed E-state index contributed by atoms with van der Waals surface area (Å²) >= 11 is 0. The van der Waals surface area contributed by atoms with Crippen molar-refractivity contribution < 1.29 is 29.0 Å². The number of allylic oxidation sites excluding steroid dienone is 1. The zero-order valence-electron chi connectivity index (χ0n) is 24.6. The van der Waals surface area contributed by atoms with E-state index in [1.807, 2.05) is 0 Å². The standard InChI is InChI=1S/C32H50N2O6/c1-3-5-6-7-8-9-10-11-12-13-14-18-27(24-29(33)35)40-30(36)19-15-16-22-34-31(37)28-21-20-26(32(38)39)23-25(28)17-4-2/h4,17,20-21,23,27H,3,5-16,18-19,22,24H2,1-2H3,(H2,33,35)(H,34,37)(H,38,39)/b17-4+/t27-/m0/s1. The highest BCUT2D eigenvalue weighted by molar-refractivity contribution is 5.99. The average Bonchev–Trinajstić information content (AvgIpc) is 2.91. The number of esters is 1. The first kappa shape index (κ1) is 34.9. The van der Waals surface area contributed by atoms with Crippen molar-refractivity contribution in [3.63, 3.8) is 0 Å². The summed E-state index contributed by atoms with van der Waals surface area (Å²) < 4.78 is 5.54. The maximum absolute atomic E-state index is 12.6. The number of unbranched alkanes of at least 4 members (excludes halogenated alkanes) is 11. The Labute approximate surface area is 240 Å².